The highest BCUT2D eigenvalue weighted by Crippen LogP contribution is 2.10. The monoisotopic (exact) mass is 291 g/mol. The molecule has 0 aliphatic heterocycles. The Hall–Kier alpha value is -0.130. The Morgan fingerprint density at radius 1 is 1.54 bits per heavy atom. The Kier molecular flexibility index (Phi) is 4.15. The zero-order chi connectivity index (χ0) is 9.84. The van der Waals surface area contributed by atoms with Crippen molar-refractivity contribution in [2.45, 2.75) is 25.5 Å². The van der Waals surface area contributed by atoms with Gasteiger partial charge >= 0.3 is 0 Å². The normalized spacial score (nSPS) is 15.4. The van der Waals surface area contributed by atoms with Crippen LogP contribution in [0.2, 0.25) is 0 Å². The fourth-order valence-electron chi connectivity index (χ4n) is 1.11. The molecule has 3 N–H and O–H groups in total. The molecule has 0 aliphatic carbocycles. The van der Waals surface area contributed by atoms with Crippen molar-refractivity contribution in [2.24, 2.45) is 5.73 Å². The van der Waals surface area contributed by atoms with Crippen LogP contribution in [0, 0.1) is 3.57 Å². The predicted molar refractivity (Wildman–Crippen MR) is 62.5 cm³/mol. The summed E-state index contributed by atoms with van der Waals surface area (Å²) in [5.74, 6) is 0. The first-order valence-corrected chi connectivity index (χ1v) is 5.35. The van der Waals surface area contributed by atoms with Gasteiger partial charge in [0.25, 0.3) is 0 Å². The van der Waals surface area contributed by atoms with Crippen molar-refractivity contribution < 1.29 is 5.11 Å². The molecule has 1 rings (SSSR count). The molecule has 0 aliphatic rings. The van der Waals surface area contributed by atoms with Gasteiger partial charge in [0.15, 0.2) is 0 Å². The molecule has 1 aromatic carbocycles. The van der Waals surface area contributed by atoms with Crippen LogP contribution in [0.3, 0.4) is 0 Å². The van der Waals surface area contributed by atoms with Crippen LogP contribution in [0.1, 0.15) is 12.5 Å². The first-order valence-electron chi connectivity index (χ1n) is 4.27. The van der Waals surface area contributed by atoms with E-state index in [-0.39, 0.29) is 6.04 Å². The number of nitrogens with two attached hydrogens (primary N) is 1. The number of rotatable bonds is 3. The lowest BCUT2D eigenvalue weighted by molar-refractivity contribution is 0.163. The van der Waals surface area contributed by atoms with Crippen molar-refractivity contribution >= 4 is 22.6 Å². The zero-order valence-electron chi connectivity index (χ0n) is 7.57. The molecule has 0 fully saturated rings. The van der Waals surface area contributed by atoms with Crippen molar-refractivity contribution in [1.29, 1.82) is 0 Å². The number of aliphatic hydroxyl groups is 1. The van der Waals surface area contributed by atoms with Crippen molar-refractivity contribution in [3.63, 3.8) is 0 Å². The Bertz CT molecular complexity index is 275. The van der Waals surface area contributed by atoms with Gasteiger partial charge in [-0.25, -0.2) is 0 Å². The Morgan fingerprint density at radius 2 is 2.23 bits per heavy atom. The van der Waals surface area contributed by atoms with Crippen LogP contribution in [0.5, 0.6) is 0 Å². The smallest absolute Gasteiger partial charge is 0.0666 e. The van der Waals surface area contributed by atoms with Crippen LogP contribution in [0.15, 0.2) is 24.3 Å². The van der Waals surface area contributed by atoms with Crippen LogP contribution in [-0.4, -0.2) is 17.3 Å². The molecule has 0 radical (unpaired) electrons. The third-order valence-corrected chi connectivity index (χ3v) is 2.65. The van der Waals surface area contributed by atoms with Crippen LogP contribution < -0.4 is 5.73 Å². The van der Waals surface area contributed by atoms with E-state index < -0.39 is 6.10 Å². The Labute approximate surface area is 92.3 Å². The molecule has 0 bridgehead atoms. The average Bonchev–Trinajstić information content (AvgIpc) is 2.04. The van der Waals surface area contributed by atoms with E-state index >= 15 is 0 Å². The second-order valence-corrected chi connectivity index (χ2v) is 4.48. The largest absolute Gasteiger partial charge is 0.392 e. The summed E-state index contributed by atoms with van der Waals surface area (Å²) in [6, 6.07) is 8.00. The van der Waals surface area contributed by atoms with E-state index in [4.69, 9.17) is 5.73 Å². The topological polar surface area (TPSA) is 46.2 Å². The summed E-state index contributed by atoms with van der Waals surface area (Å²) in [6.45, 7) is 1.72. The number of halogens is 1. The highest BCUT2D eigenvalue weighted by Gasteiger charge is 2.09. The fraction of sp³-hybridized carbons (Fsp3) is 0.400. The second kappa shape index (κ2) is 4.93. The molecule has 0 aromatic heterocycles. The summed E-state index contributed by atoms with van der Waals surface area (Å²) in [6.07, 6.45) is 0.284. The maximum absolute atomic E-state index is 9.22. The van der Waals surface area contributed by atoms with E-state index in [1.54, 1.807) is 6.92 Å². The molecule has 13 heavy (non-hydrogen) atoms. The molecular formula is C10H14INO. The Balaban J connectivity index is 2.64. The third-order valence-electron chi connectivity index (χ3n) is 1.98. The van der Waals surface area contributed by atoms with E-state index in [1.807, 2.05) is 18.2 Å². The third kappa shape index (κ3) is 3.62. The van der Waals surface area contributed by atoms with Gasteiger partial charge < -0.3 is 10.8 Å². The second-order valence-electron chi connectivity index (χ2n) is 3.24. The maximum atomic E-state index is 9.22. The van der Waals surface area contributed by atoms with Crippen LogP contribution >= 0.6 is 22.6 Å². The highest BCUT2D eigenvalue weighted by molar-refractivity contribution is 14.1. The zero-order valence-corrected chi connectivity index (χ0v) is 9.73. The molecule has 1 aromatic rings. The minimum atomic E-state index is -0.446. The van der Waals surface area contributed by atoms with Crippen molar-refractivity contribution in [2.75, 3.05) is 0 Å². The number of benzene rings is 1. The molecule has 0 saturated heterocycles. The predicted octanol–water partition coefficient (Wildman–Crippen LogP) is 1.54. The SMILES string of the molecule is C[C@H](O)[C@H](N)Cc1cccc(I)c1. The van der Waals surface area contributed by atoms with Gasteiger partial charge in [-0.05, 0) is 53.6 Å². The summed E-state index contributed by atoms with van der Waals surface area (Å²) >= 11 is 2.27. The fourth-order valence-corrected chi connectivity index (χ4v) is 1.71. The summed E-state index contributed by atoms with van der Waals surface area (Å²) in [5.41, 5.74) is 6.93. The van der Waals surface area contributed by atoms with Gasteiger partial charge in [0.2, 0.25) is 0 Å². The van der Waals surface area contributed by atoms with E-state index in [0.29, 0.717) is 0 Å². The Morgan fingerprint density at radius 3 is 2.77 bits per heavy atom. The first-order chi connectivity index (χ1) is 6.09. The first kappa shape index (κ1) is 10.9. The van der Waals surface area contributed by atoms with Crippen LogP contribution in [0.4, 0.5) is 0 Å². The van der Waals surface area contributed by atoms with Gasteiger partial charge in [-0.1, -0.05) is 12.1 Å². The molecule has 0 heterocycles. The minimum absolute atomic E-state index is 0.168. The lowest BCUT2D eigenvalue weighted by Gasteiger charge is -2.14. The van der Waals surface area contributed by atoms with E-state index in [2.05, 4.69) is 28.7 Å². The maximum Gasteiger partial charge on any atom is 0.0666 e. The summed E-state index contributed by atoms with van der Waals surface area (Å²) in [4.78, 5) is 0. The van der Waals surface area contributed by atoms with Crippen molar-refractivity contribution in [1.82, 2.24) is 0 Å². The molecule has 0 amide bonds. The molecule has 0 spiro atoms. The lowest BCUT2D eigenvalue weighted by Crippen LogP contribution is -2.34. The van der Waals surface area contributed by atoms with Crippen LogP contribution in [-0.2, 0) is 6.42 Å². The molecule has 2 nitrogen and oxygen atoms in total. The van der Waals surface area contributed by atoms with E-state index in [1.165, 1.54) is 9.13 Å². The molecule has 72 valence electrons. The molecule has 0 saturated carbocycles. The summed E-state index contributed by atoms with van der Waals surface area (Å²) in [5, 5.41) is 9.22. The molecule has 2 atom stereocenters. The van der Waals surface area contributed by atoms with Crippen molar-refractivity contribution in [3.8, 4) is 0 Å². The van der Waals surface area contributed by atoms with Crippen LogP contribution in [0.25, 0.3) is 0 Å². The number of aliphatic hydroxyl groups excluding tert-OH is 1. The van der Waals surface area contributed by atoms with Gasteiger partial charge in [-0.2, -0.15) is 0 Å². The van der Waals surface area contributed by atoms with Gasteiger partial charge in [0, 0.05) is 9.61 Å². The lowest BCUT2D eigenvalue weighted by atomic mass is 10.0. The van der Waals surface area contributed by atoms with Gasteiger partial charge in [0.05, 0.1) is 6.10 Å². The number of hydrogen-bond acceptors (Lipinski definition) is 2. The minimum Gasteiger partial charge on any atom is -0.392 e. The van der Waals surface area contributed by atoms with E-state index in [9.17, 15) is 5.11 Å². The van der Waals surface area contributed by atoms with Gasteiger partial charge in [-0.15, -0.1) is 0 Å². The number of hydrogen-bond donors (Lipinski definition) is 2. The van der Waals surface area contributed by atoms with Gasteiger partial charge in [0.1, 0.15) is 0 Å². The average molecular weight is 291 g/mol. The van der Waals surface area contributed by atoms with E-state index in [0.717, 1.165) is 6.42 Å². The quantitative estimate of drug-likeness (QED) is 0.830. The summed E-state index contributed by atoms with van der Waals surface area (Å²) < 4.78 is 1.20. The molecule has 3 heteroatoms. The standard InChI is InChI=1S/C10H14INO/c1-7(13)10(12)6-8-3-2-4-9(11)5-8/h2-5,7,10,13H,6,12H2,1H3/t7-,10+/m0/s1. The summed E-state index contributed by atoms with van der Waals surface area (Å²) in [7, 11) is 0. The molecular weight excluding hydrogens is 277 g/mol. The molecule has 0 unspecified atom stereocenters. The van der Waals surface area contributed by atoms with Crippen molar-refractivity contribution in [3.05, 3.63) is 33.4 Å². The van der Waals surface area contributed by atoms with Gasteiger partial charge in [-0.3, -0.25) is 0 Å². The highest BCUT2D eigenvalue weighted by atomic mass is 127.